The molecule has 0 N–H and O–H groups in total. The normalized spacial score (nSPS) is 16.1. The molecule has 1 fully saturated rings. The van der Waals surface area contributed by atoms with Crippen molar-refractivity contribution in [3.05, 3.63) is 40.9 Å². The molecule has 1 aliphatic rings. The van der Waals surface area contributed by atoms with Crippen LogP contribution in [0.15, 0.2) is 27.9 Å². The summed E-state index contributed by atoms with van der Waals surface area (Å²) in [6.45, 7) is 10.6. The van der Waals surface area contributed by atoms with Crippen LogP contribution in [0.2, 0.25) is 0 Å². The van der Waals surface area contributed by atoms with Crippen LogP contribution in [0, 0.1) is 31.1 Å². The monoisotopic (exact) mass is 413 g/mol. The van der Waals surface area contributed by atoms with Crippen LogP contribution in [0.1, 0.15) is 41.2 Å². The largest absolute Gasteiger partial charge is 0.361 e. The molecule has 3 rings (SSSR count). The Hall–Kier alpha value is -2.37. The summed E-state index contributed by atoms with van der Waals surface area (Å²) in [5.74, 6) is 1.72. The second-order valence-electron chi connectivity index (χ2n) is 7.59. The minimum absolute atomic E-state index is 0.00272. The number of amides is 1. The smallest absolute Gasteiger partial charge is 0.256 e. The molecule has 0 spiro atoms. The summed E-state index contributed by atoms with van der Waals surface area (Å²) in [5, 5.41) is 14.1. The highest BCUT2D eigenvalue weighted by atomic mass is 32.2. The molecule has 1 aliphatic heterocycles. The van der Waals surface area contributed by atoms with Crippen molar-refractivity contribution >= 4 is 17.7 Å². The van der Waals surface area contributed by atoms with Gasteiger partial charge in [0.1, 0.15) is 16.8 Å². The highest BCUT2D eigenvalue weighted by Gasteiger charge is 2.29. The van der Waals surface area contributed by atoms with E-state index in [-0.39, 0.29) is 17.9 Å². The van der Waals surface area contributed by atoms with Gasteiger partial charge in [0.05, 0.1) is 17.3 Å². The van der Waals surface area contributed by atoms with Gasteiger partial charge in [-0.2, -0.15) is 5.26 Å². The third-order valence-corrected chi connectivity index (χ3v) is 6.33. The zero-order valence-electron chi connectivity index (χ0n) is 17.4. The number of nitriles is 1. The molecule has 7 nitrogen and oxygen atoms in total. The van der Waals surface area contributed by atoms with Crippen LogP contribution in [-0.2, 0) is 5.75 Å². The number of carbonyl (C=O) groups excluding carboxylic acids is 1. The molecule has 1 unspecified atom stereocenters. The maximum absolute atomic E-state index is 13.2. The first-order valence-electron chi connectivity index (χ1n) is 9.84. The van der Waals surface area contributed by atoms with Crippen molar-refractivity contribution in [3.63, 3.8) is 0 Å². The second-order valence-corrected chi connectivity index (χ2v) is 8.56. The molecule has 0 radical (unpaired) electrons. The molecule has 8 heteroatoms. The van der Waals surface area contributed by atoms with E-state index in [0.29, 0.717) is 37.5 Å². The van der Waals surface area contributed by atoms with Crippen molar-refractivity contribution in [3.8, 4) is 6.07 Å². The summed E-state index contributed by atoms with van der Waals surface area (Å²) in [4.78, 5) is 21.6. The molecule has 29 heavy (non-hydrogen) atoms. The van der Waals surface area contributed by atoms with Crippen LogP contribution in [-0.4, -0.2) is 58.1 Å². The van der Waals surface area contributed by atoms with E-state index in [0.717, 1.165) is 22.0 Å². The Bertz CT molecular complexity index is 877. The Labute approximate surface area is 176 Å². The van der Waals surface area contributed by atoms with Gasteiger partial charge in [-0.1, -0.05) is 19.0 Å². The topological polar surface area (TPSA) is 86.3 Å². The maximum atomic E-state index is 13.2. The minimum Gasteiger partial charge on any atom is -0.361 e. The number of aromatic nitrogens is 2. The van der Waals surface area contributed by atoms with Gasteiger partial charge in [0, 0.05) is 43.7 Å². The van der Waals surface area contributed by atoms with Gasteiger partial charge in [0.25, 0.3) is 5.91 Å². The van der Waals surface area contributed by atoms with E-state index in [9.17, 15) is 10.1 Å². The number of rotatable bonds is 6. The first kappa shape index (κ1) is 21.3. The molecule has 0 bridgehead atoms. The Morgan fingerprint density at radius 3 is 2.62 bits per heavy atom. The molecule has 2 aromatic heterocycles. The lowest BCUT2D eigenvalue weighted by Gasteiger charge is -2.38. The van der Waals surface area contributed by atoms with E-state index in [1.807, 2.05) is 24.8 Å². The van der Waals surface area contributed by atoms with Gasteiger partial charge in [0.15, 0.2) is 0 Å². The number of aryl methyl sites for hydroxylation is 2. The lowest BCUT2D eigenvalue weighted by atomic mass is 10.0. The first-order chi connectivity index (χ1) is 13.9. The highest BCUT2D eigenvalue weighted by molar-refractivity contribution is 7.98. The van der Waals surface area contributed by atoms with Crippen molar-refractivity contribution in [2.45, 2.75) is 44.5 Å². The highest BCUT2D eigenvalue weighted by Crippen LogP contribution is 2.28. The number of pyridine rings is 1. The fourth-order valence-corrected chi connectivity index (χ4v) is 4.68. The van der Waals surface area contributed by atoms with Crippen LogP contribution in [0.3, 0.4) is 0 Å². The molecule has 1 atom stereocenters. The number of carbonyl (C=O) groups is 1. The lowest BCUT2D eigenvalue weighted by Crippen LogP contribution is -2.52. The molecule has 0 aromatic carbocycles. The van der Waals surface area contributed by atoms with E-state index in [1.54, 1.807) is 12.3 Å². The zero-order valence-corrected chi connectivity index (χ0v) is 18.2. The van der Waals surface area contributed by atoms with E-state index < -0.39 is 0 Å². The third kappa shape index (κ3) is 4.80. The molecule has 1 saturated heterocycles. The van der Waals surface area contributed by atoms with Gasteiger partial charge in [0.2, 0.25) is 0 Å². The lowest BCUT2D eigenvalue weighted by molar-refractivity contribution is 0.0573. The quantitative estimate of drug-likeness (QED) is 0.672. The first-order valence-corrected chi connectivity index (χ1v) is 10.8. The summed E-state index contributed by atoms with van der Waals surface area (Å²) in [5.41, 5.74) is 2.54. The van der Waals surface area contributed by atoms with E-state index in [2.05, 4.69) is 35.0 Å². The molecular weight excluding hydrogens is 386 g/mol. The zero-order chi connectivity index (χ0) is 21.0. The van der Waals surface area contributed by atoms with Gasteiger partial charge in [-0.25, -0.2) is 4.98 Å². The Kier molecular flexibility index (Phi) is 6.93. The standard InChI is InChI=1S/C21H27N5O2S/c1-14(2)19(12-22)25-8-10-26(11-9-25)21(27)17-6-5-7-23-20(17)29-13-18-15(3)24-28-16(18)4/h5-7,14,19H,8-11,13H2,1-4H3. The van der Waals surface area contributed by atoms with Gasteiger partial charge in [-0.3, -0.25) is 9.69 Å². The number of nitrogens with zero attached hydrogens (tertiary/aromatic N) is 5. The van der Waals surface area contributed by atoms with Crippen LogP contribution in [0.5, 0.6) is 0 Å². The minimum atomic E-state index is -0.105. The Morgan fingerprint density at radius 1 is 1.31 bits per heavy atom. The summed E-state index contributed by atoms with van der Waals surface area (Å²) in [7, 11) is 0. The molecule has 2 aromatic rings. The van der Waals surface area contributed by atoms with Crippen LogP contribution < -0.4 is 0 Å². The fraction of sp³-hybridized carbons (Fsp3) is 0.524. The predicted molar refractivity (Wildman–Crippen MR) is 111 cm³/mol. The molecule has 3 heterocycles. The number of hydrogen-bond donors (Lipinski definition) is 0. The predicted octanol–water partition coefficient (Wildman–Crippen LogP) is 3.28. The SMILES string of the molecule is Cc1noc(C)c1CSc1ncccc1C(=O)N1CCN(C(C#N)C(C)C)CC1. The summed E-state index contributed by atoms with van der Waals surface area (Å²) in [6, 6.07) is 5.92. The summed E-state index contributed by atoms with van der Waals surface area (Å²) in [6.07, 6.45) is 1.71. The summed E-state index contributed by atoms with van der Waals surface area (Å²) < 4.78 is 5.23. The average molecular weight is 414 g/mol. The summed E-state index contributed by atoms with van der Waals surface area (Å²) >= 11 is 1.53. The molecule has 1 amide bonds. The second kappa shape index (κ2) is 9.42. The third-order valence-electron chi connectivity index (χ3n) is 5.29. The maximum Gasteiger partial charge on any atom is 0.256 e. The van der Waals surface area contributed by atoms with Gasteiger partial charge >= 0.3 is 0 Å². The fourth-order valence-electron chi connectivity index (χ4n) is 3.54. The van der Waals surface area contributed by atoms with E-state index in [1.165, 1.54) is 11.8 Å². The van der Waals surface area contributed by atoms with E-state index >= 15 is 0 Å². The van der Waals surface area contributed by atoms with E-state index in [4.69, 9.17) is 4.52 Å². The van der Waals surface area contributed by atoms with Gasteiger partial charge < -0.3 is 9.42 Å². The average Bonchev–Trinajstić information content (AvgIpc) is 3.04. The molecule has 0 aliphatic carbocycles. The van der Waals surface area contributed by atoms with Crippen molar-refractivity contribution < 1.29 is 9.32 Å². The van der Waals surface area contributed by atoms with Crippen molar-refractivity contribution in [1.82, 2.24) is 19.9 Å². The number of hydrogen-bond acceptors (Lipinski definition) is 7. The molecule has 154 valence electrons. The van der Waals surface area contributed by atoms with Crippen LogP contribution >= 0.6 is 11.8 Å². The van der Waals surface area contributed by atoms with Crippen LogP contribution in [0.25, 0.3) is 0 Å². The number of thioether (sulfide) groups is 1. The van der Waals surface area contributed by atoms with Crippen molar-refractivity contribution in [1.29, 1.82) is 5.26 Å². The molecule has 0 saturated carbocycles. The Balaban J connectivity index is 1.67. The Morgan fingerprint density at radius 2 is 2.03 bits per heavy atom. The molecular formula is C21H27N5O2S. The van der Waals surface area contributed by atoms with Crippen molar-refractivity contribution in [2.75, 3.05) is 26.2 Å². The van der Waals surface area contributed by atoms with Gasteiger partial charge in [-0.05, 0) is 31.9 Å². The van der Waals surface area contributed by atoms with Gasteiger partial charge in [-0.15, -0.1) is 11.8 Å². The van der Waals surface area contributed by atoms with Crippen LogP contribution in [0.4, 0.5) is 0 Å². The number of piperazine rings is 1. The van der Waals surface area contributed by atoms with Crippen molar-refractivity contribution in [2.24, 2.45) is 5.92 Å².